The molecule has 0 saturated heterocycles. The van der Waals surface area contributed by atoms with Crippen molar-refractivity contribution in [3.63, 3.8) is 0 Å². The summed E-state index contributed by atoms with van der Waals surface area (Å²) in [6, 6.07) is 12.1. The first-order valence-electron chi connectivity index (χ1n) is 7.09. The molecule has 0 aliphatic carbocycles. The standard InChI is InChI=1S/C17H22BrNO2/c1-17(2,3)19-10-15(20)11-21-16-7-5-12-8-14(18)6-4-13(12)9-16/h4-9,15,19-20H,10-11H2,1-3H3. The maximum atomic E-state index is 9.93. The van der Waals surface area contributed by atoms with Gasteiger partial charge in [-0.15, -0.1) is 0 Å². The molecule has 3 nitrogen and oxygen atoms in total. The molecule has 21 heavy (non-hydrogen) atoms. The van der Waals surface area contributed by atoms with E-state index in [1.54, 1.807) is 0 Å². The fourth-order valence-corrected chi connectivity index (χ4v) is 2.34. The largest absolute Gasteiger partial charge is 0.491 e. The zero-order valence-corrected chi connectivity index (χ0v) is 14.3. The Balaban J connectivity index is 1.92. The molecule has 2 aromatic carbocycles. The Labute approximate surface area is 134 Å². The molecular formula is C17H22BrNO2. The van der Waals surface area contributed by atoms with Gasteiger partial charge in [0.05, 0.1) is 0 Å². The van der Waals surface area contributed by atoms with Crippen LogP contribution in [0.2, 0.25) is 0 Å². The molecule has 0 spiro atoms. The molecule has 0 saturated carbocycles. The molecule has 0 fully saturated rings. The van der Waals surface area contributed by atoms with Crippen molar-refractivity contribution in [2.45, 2.75) is 32.4 Å². The van der Waals surface area contributed by atoms with E-state index in [2.05, 4.69) is 48.1 Å². The number of hydrogen-bond acceptors (Lipinski definition) is 3. The number of benzene rings is 2. The quantitative estimate of drug-likeness (QED) is 0.862. The molecule has 1 unspecified atom stereocenters. The van der Waals surface area contributed by atoms with Crippen molar-refractivity contribution < 1.29 is 9.84 Å². The van der Waals surface area contributed by atoms with Crippen LogP contribution >= 0.6 is 15.9 Å². The third-order valence-corrected chi connectivity index (χ3v) is 3.58. The van der Waals surface area contributed by atoms with Crippen LogP contribution in [-0.4, -0.2) is 29.9 Å². The van der Waals surface area contributed by atoms with Gasteiger partial charge in [-0.1, -0.05) is 28.1 Å². The molecular weight excluding hydrogens is 330 g/mol. The summed E-state index contributed by atoms with van der Waals surface area (Å²) in [6.07, 6.45) is -0.523. The summed E-state index contributed by atoms with van der Waals surface area (Å²) >= 11 is 3.46. The summed E-state index contributed by atoms with van der Waals surface area (Å²) in [5.41, 5.74) is -0.00266. The van der Waals surface area contributed by atoms with Crippen molar-refractivity contribution in [1.29, 1.82) is 0 Å². The minimum atomic E-state index is -0.523. The second kappa shape index (κ2) is 6.77. The van der Waals surface area contributed by atoms with Crippen LogP contribution in [0.1, 0.15) is 20.8 Å². The molecule has 2 rings (SSSR count). The molecule has 0 aliphatic heterocycles. The maximum absolute atomic E-state index is 9.93. The lowest BCUT2D eigenvalue weighted by molar-refractivity contribution is 0.100. The number of aliphatic hydroxyl groups excluding tert-OH is 1. The molecule has 4 heteroatoms. The van der Waals surface area contributed by atoms with E-state index in [0.29, 0.717) is 6.54 Å². The van der Waals surface area contributed by atoms with Gasteiger partial charge in [0, 0.05) is 16.6 Å². The SMILES string of the molecule is CC(C)(C)NCC(O)COc1ccc2cc(Br)ccc2c1. The van der Waals surface area contributed by atoms with Crippen LogP contribution in [0, 0.1) is 0 Å². The molecule has 0 aromatic heterocycles. The number of nitrogens with one attached hydrogen (secondary N) is 1. The van der Waals surface area contributed by atoms with Crippen LogP contribution in [0.4, 0.5) is 0 Å². The summed E-state index contributed by atoms with van der Waals surface area (Å²) < 4.78 is 6.73. The molecule has 2 N–H and O–H groups in total. The summed E-state index contributed by atoms with van der Waals surface area (Å²) in [7, 11) is 0. The fourth-order valence-electron chi connectivity index (χ4n) is 1.96. The van der Waals surface area contributed by atoms with Gasteiger partial charge in [0.25, 0.3) is 0 Å². The third kappa shape index (κ3) is 5.30. The van der Waals surface area contributed by atoms with Crippen molar-refractivity contribution in [3.8, 4) is 5.75 Å². The Hall–Kier alpha value is -1.10. The van der Waals surface area contributed by atoms with Crippen LogP contribution in [0.3, 0.4) is 0 Å². The Kier molecular flexibility index (Phi) is 5.25. The smallest absolute Gasteiger partial charge is 0.120 e. The Bertz CT molecular complexity index is 607. The highest BCUT2D eigenvalue weighted by Gasteiger charge is 2.12. The normalized spacial score (nSPS) is 13.4. The van der Waals surface area contributed by atoms with E-state index in [1.165, 1.54) is 0 Å². The van der Waals surface area contributed by atoms with E-state index in [9.17, 15) is 5.11 Å². The minimum absolute atomic E-state index is 0.00266. The maximum Gasteiger partial charge on any atom is 0.120 e. The van der Waals surface area contributed by atoms with Crippen LogP contribution in [0.25, 0.3) is 10.8 Å². The van der Waals surface area contributed by atoms with Crippen molar-refractivity contribution in [2.75, 3.05) is 13.2 Å². The second-order valence-corrected chi connectivity index (χ2v) is 7.16. The molecule has 114 valence electrons. The monoisotopic (exact) mass is 351 g/mol. The molecule has 0 amide bonds. The van der Waals surface area contributed by atoms with Gasteiger partial charge in [-0.05, 0) is 55.8 Å². The Morgan fingerprint density at radius 2 is 1.81 bits per heavy atom. The number of β-amino-alcohol motifs (C(OH)–C–C–N with tert-alkyl or cyclic N) is 1. The highest BCUT2D eigenvalue weighted by Crippen LogP contribution is 2.24. The van der Waals surface area contributed by atoms with Crippen LogP contribution in [0.15, 0.2) is 40.9 Å². The summed E-state index contributed by atoms with van der Waals surface area (Å²) in [5, 5.41) is 15.5. The van der Waals surface area contributed by atoms with Gasteiger partial charge in [-0.2, -0.15) is 0 Å². The van der Waals surface area contributed by atoms with Crippen molar-refractivity contribution in [3.05, 3.63) is 40.9 Å². The van der Waals surface area contributed by atoms with Gasteiger partial charge in [0.1, 0.15) is 18.5 Å². The number of halogens is 1. The fraction of sp³-hybridized carbons (Fsp3) is 0.412. The van der Waals surface area contributed by atoms with Gasteiger partial charge in [-0.25, -0.2) is 0 Å². The first-order valence-corrected chi connectivity index (χ1v) is 7.88. The van der Waals surface area contributed by atoms with Crippen molar-refractivity contribution in [1.82, 2.24) is 5.32 Å². The topological polar surface area (TPSA) is 41.5 Å². The number of ether oxygens (including phenoxy) is 1. The second-order valence-electron chi connectivity index (χ2n) is 6.25. The lowest BCUT2D eigenvalue weighted by Gasteiger charge is -2.23. The van der Waals surface area contributed by atoms with E-state index >= 15 is 0 Å². The van der Waals surface area contributed by atoms with E-state index in [4.69, 9.17) is 4.74 Å². The van der Waals surface area contributed by atoms with Crippen LogP contribution in [0.5, 0.6) is 5.75 Å². The number of rotatable bonds is 5. The number of hydrogen-bond donors (Lipinski definition) is 2. The van der Waals surface area contributed by atoms with Gasteiger partial charge < -0.3 is 15.2 Å². The zero-order valence-electron chi connectivity index (χ0n) is 12.7. The lowest BCUT2D eigenvalue weighted by atomic mass is 10.1. The van der Waals surface area contributed by atoms with Crippen molar-refractivity contribution in [2.24, 2.45) is 0 Å². The zero-order chi connectivity index (χ0) is 15.5. The average Bonchev–Trinajstić information content (AvgIpc) is 2.42. The van der Waals surface area contributed by atoms with E-state index in [-0.39, 0.29) is 12.1 Å². The third-order valence-electron chi connectivity index (χ3n) is 3.08. The summed E-state index contributed by atoms with van der Waals surface area (Å²) in [5.74, 6) is 0.777. The highest BCUT2D eigenvalue weighted by molar-refractivity contribution is 9.10. The number of fused-ring (bicyclic) bond motifs is 1. The average molecular weight is 352 g/mol. The highest BCUT2D eigenvalue weighted by atomic mass is 79.9. The minimum Gasteiger partial charge on any atom is -0.491 e. The molecule has 0 bridgehead atoms. The lowest BCUT2D eigenvalue weighted by Crippen LogP contribution is -2.42. The summed E-state index contributed by atoms with van der Waals surface area (Å²) in [6.45, 7) is 7.02. The first-order chi connectivity index (χ1) is 9.83. The van der Waals surface area contributed by atoms with Gasteiger partial charge in [-0.3, -0.25) is 0 Å². The van der Waals surface area contributed by atoms with E-state index in [1.807, 2.05) is 30.3 Å². The Morgan fingerprint density at radius 3 is 2.52 bits per heavy atom. The molecule has 0 heterocycles. The molecule has 2 aromatic rings. The van der Waals surface area contributed by atoms with Gasteiger partial charge in [0.2, 0.25) is 0 Å². The van der Waals surface area contributed by atoms with Crippen LogP contribution in [-0.2, 0) is 0 Å². The molecule has 0 aliphatic rings. The molecule has 0 radical (unpaired) electrons. The van der Waals surface area contributed by atoms with Gasteiger partial charge >= 0.3 is 0 Å². The predicted octanol–water partition coefficient (Wildman–Crippen LogP) is 3.73. The van der Waals surface area contributed by atoms with E-state index < -0.39 is 6.10 Å². The predicted molar refractivity (Wildman–Crippen MR) is 90.9 cm³/mol. The van der Waals surface area contributed by atoms with Crippen LogP contribution < -0.4 is 10.1 Å². The number of aliphatic hydroxyl groups is 1. The first kappa shape index (κ1) is 16.3. The Morgan fingerprint density at radius 1 is 1.14 bits per heavy atom. The van der Waals surface area contributed by atoms with Gasteiger partial charge in [0.15, 0.2) is 0 Å². The molecule has 1 atom stereocenters. The van der Waals surface area contributed by atoms with Crippen molar-refractivity contribution >= 4 is 26.7 Å². The van der Waals surface area contributed by atoms with E-state index in [0.717, 1.165) is 21.0 Å². The summed E-state index contributed by atoms with van der Waals surface area (Å²) in [4.78, 5) is 0.